The minimum Gasteiger partial charge on any atom is -0.494 e. The molecule has 23 heavy (non-hydrogen) atoms. The third-order valence-electron chi connectivity index (χ3n) is 3.99. The summed E-state index contributed by atoms with van der Waals surface area (Å²) < 4.78 is 16.2. The molecular formula is C17H27N3O3. The van der Waals surface area contributed by atoms with Crippen LogP contribution in [0.2, 0.25) is 0 Å². The van der Waals surface area contributed by atoms with Crippen LogP contribution in [-0.2, 0) is 4.74 Å². The van der Waals surface area contributed by atoms with Crippen molar-refractivity contribution in [3.8, 4) is 11.5 Å². The van der Waals surface area contributed by atoms with Crippen LogP contribution in [-0.4, -0.2) is 78.3 Å². The standard InChI is InChI=1S/C17H27N3O3/c1-18-6-7-19-8-10-20(11-9-19)16-5-4-15(14-17(16)22-3)23-13-12-21-2/h4-5,14H,1,6-13H2,2-3H3. The SMILES string of the molecule is C=NCCN1CCN(c2ccc(OCCOC)cc2OC)CC1. The number of ether oxygens (including phenoxy) is 3. The number of rotatable bonds is 9. The molecule has 1 aliphatic heterocycles. The molecule has 1 aromatic carbocycles. The predicted molar refractivity (Wildman–Crippen MR) is 93.4 cm³/mol. The third-order valence-corrected chi connectivity index (χ3v) is 3.99. The molecule has 1 heterocycles. The van der Waals surface area contributed by atoms with Crippen LogP contribution < -0.4 is 14.4 Å². The van der Waals surface area contributed by atoms with Crippen LogP contribution in [0.5, 0.6) is 11.5 Å². The summed E-state index contributed by atoms with van der Waals surface area (Å²) in [5.41, 5.74) is 1.12. The van der Waals surface area contributed by atoms with E-state index in [4.69, 9.17) is 14.2 Å². The molecule has 0 spiro atoms. The maximum absolute atomic E-state index is 5.64. The summed E-state index contributed by atoms with van der Waals surface area (Å²) in [6, 6.07) is 6.00. The zero-order valence-electron chi connectivity index (χ0n) is 14.2. The zero-order valence-corrected chi connectivity index (χ0v) is 14.2. The van der Waals surface area contributed by atoms with Gasteiger partial charge in [-0.05, 0) is 18.9 Å². The number of piperazine rings is 1. The van der Waals surface area contributed by atoms with Gasteiger partial charge in [-0.1, -0.05) is 0 Å². The van der Waals surface area contributed by atoms with Crippen LogP contribution in [0.15, 0.2) is 23.2 Å². The first-order valence-corrected chi connectivity index (χ1v) is 7.98. The molecule has 1 aliphatic rings. The monoisotopic (exact) mass is 321 g/mol. The second-order valence-electron chi connectivity index (χ2n) is 5.45. The van der Waals surface area contributed by atoms with Crippen LogP contribution in [0.4, 0.5) is 5.69 Å². The molecule has 0 N–H and O–H groups in total. The number of hydrogen-bond acceptors (Lipinski definition) is 6. The van der Waals surface area contributed by atoms with Gasteiger partial charge in [-0.25, -0.2) is 0 Å². The van der Waals surface area contributed by atoms with Crippen molar-refractivity contribution in [2.45, 2.75) is 0 Å². The number of benzene rings is 1. The normalized spacial score (nSPS) is 15.5. The van der Waals surface area contributed by atoms with Crippen molar-refractivity contribution < 1.29 is 14.2 Å². The molecule has 1 aromatic rings. The van der Waals surface area contributed by atoms with Crippen molar-refractivity contribution in [3.63, 3.8) is 0 Å². The fourth-order valence-corrected chi connectivity index (χ4v) is 2.68. The van der Waals surface area contributed by atoms with Gasteiger partial charge in [-0.15, -0.1) is 0 Å². The maximum Gasteiger partial charge on any atom is 0.145 e. The van der Waals surface area contributed by atoms with Crippen LogP contribution >= 0.6 is 0 Å². The van der Waals surface area contributed by atoms with E-state index < -0.39 is 0 Å². The highest BCUT2D eigenvalue weighted by Gasteiger charge is 2.19. The Morgan fingerprint density at radius 2 is 1.91 bits per heavy atom. The van der Waals surface area contributed by atoms with Gasteiger partial charge in [0.05, 0.1) is 25.9 Å². The van der Waals surface area contributed by atoms with Gasteiger partial charge in [0.15, 0.2) is 0 Å². The minimum absolute atomic E-state index is 0.537. The highest BCUT2D eigenvalue weighted by Crippen LogP contribution is 2.32. The molecule has 0 aliphatic carbocycles. The number of aliphatic imine (C=N–C) groups is 1. The highest BCUT2D eigenvalue weighted by atomic mass is 16.5. The number of nitrogens with zero attached hydrogens (tertiary/aromatic N) is 3. The van der Waals surface area contributed by atoms with E-state index in [1.165, 1.54) is 0 Å². The van der Waals surface area contributed by atoms with Crippen molar-refractivity contribution in [1.82, 2.24) is 4.90 Å². The Bertz CT molecular complexity index is 488. The largest absolute Gasteiger partial charge is 0.494 e. The van der Waals surface area contributed by atoms with E-state index in [0.717, 1.165) is 56.5 Å². The fourth-order valence-electron chi connectivity index (χ4n) is 2.68. The molecule has 1 fully saturated rings. The molecule has 6 heteroatoms. The van der Waals surface area contributed by atoms with Gasteiger partial charge >= 0.3 is 0 Å². The average Bonchev–Trinajstić information content (AvgIpc) is 2.60. The summed E-state index contributed by atoms with van der Waals surface area (Å²) in [6.07, 6.45) is 0. The number of hydrogen-bond donors (Lipinski definition) is 0. The maximum atomic E-state index is 5.64. The van der Waals surface area contributed by atoms with Crippen molar-refractivity contribution in [1.29, 1.82) is 0 Å². The van der Waals surface area contributed by atoms with E-state index in [2.05, 4.69) is 27.6 Å². The quantitative estimate of drug-likeness (QED) is 0.510. The molecule has 0 amide bonds. The van der Waals surface area contributed by atoms with Gasteiger partial charge in [0, 0.05) is 45.9 Å². The smallest absolute Gasteiger partial charge is 0.145 e. The lowest BCUT2D eigenvalue weighted by Crippen LogP contribution is -2.47. The van der Waals surface area contributed by atoms with E-state index in [0.29, 0.717) is 13.2 Å². The van der Waals surface area contributed by atoms with Crippen molar-refractivity contribution in [2.24, 2.45) is 4.99 Å². The Balaban J connectivity index is 1.95. The van der Waals surface area contributed by atoms with E-state index in [-0.39, 0.29) is 0 Å². The van der Waals surface area contributed by atoms with E-state index in [1.54, 1.807) is 14.2 Å². The Labute approximate surface area is 138 Å². The molecule has 0 aromatic heterocycles. The summed E-state index contributed by atoms with van der Waals surface area (Å²) in [6.45, 7) is 10.5. The molecule has 0 bridgehead atoms. The fraction of sp³-hybridized carbons (Fsp3) is 0.588. The molecule has 0 saturated carbocycles. The van der Waals surface area contributed by atoms with Crippen molar-refractivity contribution in [3.05, 3.63) is 18.2 Å². The zero-order chi connectivity index (χ0) is 16.5. The van der Waals surface area contributed by atoms with Crippen LogP contribution in [0.25, 0.3) is 0 Å². The average molecular weight is 321 g/mol. The molecule has 1 saturated heterocycles. The number of methoxy groups -OCH3 is 2. The molecule has 128 valence electrons. The molecular weight excluding hydrogens is 294 g/mol. The Morgan fingerprint density at radius 1 is 1.13 bits per heavy atom. The first-order chi connectivity index (χ1) is 11.3. The Kier molecular flexibility index (Phi) is 7.16. The molecule has 2 rings (SSSR count). The summed E-state index contributed by atoms with van der Waals surface area (Å²) in [7, 11) is 3.36. The second-order valence-corrected chi connectivity index (χ2v) is 5.45. The van der Waals surface area contributed by atoms with Gasteiger partial charge in [-0.3, -0.25) is 9.89 Å². The summed E-state index contributed by atoms with van der Waals surface area (Å²) >= 11 is 0. The van der Waals surface area contributed by atoms with E-state index in [1.807, 2.05) is 12.1 Å². The lowest BCUT2D eigenvalue weighted by Gasteiger charge is -2.36. The summed E-state index contributed by atoms with van der Waals surface area (Å²) in [5, 5.41) is 0. The Hall–Kier alpha value is -1.79. The Morgan fingerprint density at radius 3 is 2.57 bits per heavy atom. The molecule has 0 atom stereocenters. The van der Waals surface area contributed by atoms with Crippen LogP contribution in [0, 0.1) is 0 Å². The van der Waals surface area contributed by atoms with Gasteiger partial charge in [-0.2, -0.15) is 0 Å². The van der Waals surface area contributed by atoms with Crippen LogP contribution in [0.1, 0.15) is 0 Å². The van der Waals surface area contributed by atoms with Crippen LogP contribution in [0.3, 0.4) is 0 Å². The first kappa shape index (κ1) is 17.6. The lowest BCUT2D eigenvalue weighted by molar-refractivity contribution is 0.146. The van der Waals surface area contributed by atoms with Crippen molar-refractivity contribution >= 4 is 12.4 Å². The minimum atomic E-state index is 0.537. The van der Waals surface area contributed by atoms with Gasteiger partial charge in [0.2, 0.25) is 0 Å². The molecule has 6 nitrogen and oxygen atoms in total. The predicted octanol–water partition coefficient (Wildman–Crippen LogP) is 1.54. The van der Waals surface area contributed by atoms with E-state index >= 15 is 0 Å². The van der Waals surface area contributed by atoms with Gasteiger partial charge in [0.1, 0.15) is 18.1 Å². The lowest BCUT2D eigenvalue weighted by atomic mass is 10.2. The summed E-state index contributed by atoms with van der Waals surface area (Å²) in [4.78, 5) is 8.70. The summed E-state index contributed by atoms with van der Waals surface area (Å²) in [5.74, 6) is 1.65. The van der Waals surface area contributed by atoms with Crippen molar-refractivity contribution in [2.75, 3.05) is 71.6 Å². The van der Waals surface area contributed by atoms with Gasteiger partial charge in [0.25, 0.3) is 0 Å². The second kappa shape index (κ2) is 9.37. The van der Waals surface area contributed by atoms with E-state index in [9.17, 15) is 0 Å². The molecule has 0 unspecified atom stereocenters. The third kappa shape index (κ3) is 5.11. The number of anilines is 1. The highest BCUT2D eigenvalue weighted by molar-refractivity contribution is 5.61. The topological polar surface area (TPSA) is 46.5 Å². The first-order valence-electron chi connectivity index (χ1n) is 7.98. The molecule has 0 radical (unpaired) electrons. The van der Waals surface area contributed by atoms with Gasteiger partial charge < -0.3 is 19.1 Å².